The molecule has 1 aliphatic rings. The van der Waals surface area contributed by atoms with E-state index in [-0.39, 0.29) is 5.97 Å². The molecule has 19 heavy (non-hydrogen) atoms. The normalized spacial score (nSPS) is 14.9. The molecule has 0 saturated carbocycles. The van der Waals surface area contributed by atoms with Gasteiger partial charge >= 0.3 is 5.97 Å². The van der Waals surface area contributed by atoms with Gasteiger partial charge in [0.05, 0.1) is 28.4 Å². The highest BCUT2D eigenvalue weighted by atomic mass is 16.5. The molecule has 0 aliphatic carbocycles. The summed E-state index contributed by atoms with van der Waals surface area (Å²) >= 11 is 0. The van der Waals surface area contributed by atoms with Gasteiger partial charge in [0.25, 0.3) is 0 Å². The second-order valence-electron chi connectivity index (χ2n) is 4.01. The fraction of sp³-hybridized carbons (Fsp3) is 0. The van der Waals surface area contributed by atoms with Crippen LogP contribution in [0.4, 0.5) is 5.69 Å². The van der Waals surface area contributed by atoms with Crippen LogP contribution in [0.15, 0.2) is 53.5 Å². The molecule has 2 aromatic rings. The minimum Gasteiger partial charge on any atom is -0.403 e. The summed E-state index contributed by atoms with van der Waals surface area (Å²) in [4.78, 5) is 15.9. The zero-order valence-electron chi connectivity index (χ0n) is 9.83. The number of nitrogens with zero attached hydrogens (tertiary/aromatic N) is 2. The number of hydrogen-bond acceptors (Lipinski definition) is 4. The van der Waals surface area contributed by atoms with Gasteiger partial charge in [0, 0.05) is 0 Å². The third-order valence-corrected chi connectivity index (χ3v) is 2.79. The zero-order valence-corrected chi connectivity index (χ0v) is 9.83. The van der Waals surface area contributed by atoms with Gasteiger partial charge in [-0.1, -0.05) is 12.1 Å². The first-order valence-electron chi connectivity index (χ1n) is 5.68. The Morgan fingerprint density at radius 3 is 2.37 bits per heavy atom. The van der Waals surface area contributed by atoms with Crippen molar-refractivity contribution in [3.63, 3.8) is 0 Å². The van der Waals surface area contributed by atoms with E-state index in [9.17, 15) is 4.79 Å². The van der Waals surface area contributed by atoms with Gasteiger partial charge in [-0.05, 0) is 36.4 Å². The lowest BCUT2D eigenvalue weighted by atomic mass is 10.1. The Morgan fingerprint density at radius 2 is 1.68 bits per heavy atom. The molecule has 3 rings (SSSR count). The van der Waals surface area contributed by atoms with Crippen LogP contribution in [0.3, 0.4) is 0 Å². The van der Waals surface area contributed by atoms with E-state index in [1.807, 2.05) is 12.1 Å². The van der Waals surface area contributed by atoms with Crippen molar-refractivity contribution in [2.45, 2.75) is 0 Å². The number of benzene rings is 2. The molecule has 1 aliphatic heterocycles. The maximum absolute atomic E-state index is 11.6. The number of fused-ring (bicyclic) bond motifs is 1. The number of carbonyl (C=O) groups is 1. The number of carbonyl (C=O) groups excluding carboxylic acids is 1. The van der Waals surface area contributed by atoms with Crippen molar-refractivity contribution in [1.29, 1.82) is 5.26 Å². The third kappa shape index (κ3) is 1.98. The van der Waals surface area contributed by atoms with E-state index in [1.54, 1.807) is 42.5 Å². The molecule has 0 aromatic heterocycles. The van der Waals surface area contributed by atoms with Crippen LogP contribution in [-0.2, 0) is 4.74 Å². The maximum Gasteiger partial charge on any atom is 0.345 e. The molecule has 0 atom stereocenters. The predicted molar refractivity (Wildman–Crippen MR) is 69.2 cm³/mol. The molecule has 0 radical (unpaired) electrons. The summed E-state index contributed by atoms with van der Waals surface area (Å²) in [6.07, 6.45) is 0. The quantitative estimate of drug-likeness (QED) is 0.729. The van der Waals surface area contributed by atoms with Gasteiger partial charge in [-0.3, -0.25) is 0 Å². The second kappa shape index (κ2) is 4.39. The first-order chi connectivity index (χ1) is 9.28. The van der Waals surface area contributed by atoms with Crippen molar-refractivity contribution < 1.29 is 9.53 Å². The number of esters is 1. The first kappa shape index (κ1) is 11.2. The van der Waals surface area contributed by atoms with E-state index >= 15 is 0 Å². The van der Waals surface area contributed by atoms with Gasteiger partial charge in [-0.25, -0.2) is 9.79 Å². The van der Waals surface area contributed by atoms with Crippen molar-refractivity contribution in [3.8, 4) is 6.07 Å². The van der Waals surface area contributed by atoms with Crippen LogP contribution in [0.2, 0.25) is 0 Å². The van der Waals surface area contributed by atoms with Gasteiger partial charge < -0.3 is 4.74 Å². The Labute approximate surface area is 109 Å². The van der Waals surface area contributed by atoms with E-state index < -0.39 is 0 Å². The van der Waals surface area contributed by atoms with Crippen molar-refractivity contribution in [3.05, 3.63) is 65.2 Å². The van der Waals surface area contributed by atoms with E-state index in [2.05, 4.69) is 4.99 Å². The van der Waals surface area contributed by atoms with E-state index in [1.165, 1.54) is 0 Å². The van der Waals surface area contributed by atoms with Crippen LogP contribution in [0, 0.1) is 11.3 Å². The van der Waals surface area contributed by atoms with Crippen LogP contribution in [-0.4, -0.2) is 11.9 Å². The minimum atomic E-state index is -0.386. The lowest BCUT2D eigenvalue weighted by Gasteiger charge is -1.98. The fourth-order valence-electron chi connectivity index (χ4n) is 1.86. The summed E-state index contributed by atoms with van der Waals surface area (Å²) in [5.74, 6) is -0.0895. The molecule has 4 nitrogen and oxygen atoms in total. The highest BCUT2D eigenvalue weighted by Crippen LogP contribution is 2.23. The molecule has 0 fully saturated rings. The largest absolute Gasteiger partial charge is 0.403 e. The Balaban J connectivity index is 2.01. The predicted octanol–water partition coefficient (Wildman–Crippen LogP) is 2.81. The molecule has 0 bridgehead atoms. The van der Waals surface area contributed by atoms with E-state index in [4.69, 9.17) is 10.00 Å². The van der Waals surface area contributed by atoms with E-state index in [0.29, 0.717) is 28.3 Å². The highest BCUT2D eigenvalue weighted by Gasteiger charge is 2.27. The smallest absolute Gasteiger partial charge is 0.345 e. The van der Waals surface area contributed by atoms with Crippen LogP contribution in [0.1, 0.15) is 21.5 Å². The molecule has 0 unspecified atom stereocenters. The van der Waals surface area contributed by atoms with Crippen molar-refractivity contribution in [2.75, 3.05) is 0 Å². The van der Waals surface area contributed by atoms with E-state index in [0.717, 1.165) is 0 Å². The van der Waals surface area contributed by atoms with Gasteiger partial charge in [0.2, 0.25) is 5.90 Å². The molecular formula is C15H8N2O2. The Kier molecular flexibility index (Phi) is 2.58. The van der Waals surface area contributed by atoms with Gasteiger partial charge in [0.1, 0.15) is 0 Å². The average Bonchev–Trinajstić information content (AvgIpc) is 2.77. The fourth-order valence-corrected chi connectivity index (χ4v) is 1.86. The van der Waals surface area contributed by atoms with Gasteiger partial charge in [0.15, 0.2) is 0 Å². The van der Waals surface area contributed by atoms with Gasteiger partial charge in [-0.2, -0.15) is 5.26 Å². The van der Waals surface area contributed by atoms with Crippen LogP contribution >= 0.6 is 0 Å². The minimum absolute atomic E-state index is 0.297. The monoisotopic (exact) mass is 248 g/mol. The summed E-state index contributed by atoms with van der Waals surface area (Å²) < 4.78 is 5.14. The SMILES string of the molecule is N#Cc1ccc(N=C2OC(=O)c3ccccc32)cc1. The summed E-state index contributed by atoms with van der Waals surface area (Å²) in [6.45, 7) is 0. The Morgan fingerprint density at radius 1 is 1.00 bits per heavy atom. The molecule has 0 spiro atoms. The molecule has 0 saturated heterocycles. The molecule has 0 amide bonds. The lowest BCUT2D eigenvalue weighted by molar-refractivity contribution is 0.0737. The van der Waals surface area contributed by atoms with Crippen LogP contribution in [0.25, 0.3) is 0 Å². The number of cyclic esters (lactones) is 1. The molecule has 4 heteroatoms. The summed E-state index contributed by atoms with van der Waals surface area (Å²) in [5, 5.41) is 8.72. The second-order valence-corrected chi connectivity index (χ2v) is 4.01. The number of nitriles is 1. The average molecular weight is 248 g/mol. The van der Waals surface area contributed by atoms with Crippen molar-refractivity contribution in [1.82, 2.24) is 0 Å². The number of rotatable bonds is 1. The zero-order chi connectivity index (χ0) is 13.2. The summed E-state index contributed by atoms with van der Waals surface area (Å²) in [5.41, 5.74) is 2.41. The van der Waals surface area contributed by atoms with Gasteiger partial charge in [-0.15, -0.1) is 0 Å². The Hall–Kier alpha value is -2.93. The number of ether oxygens (including phenoxy) is 1. The van der Waals surface area contributed by atoms with Crippen molar-refractivity contribution >= 4 is 17.6 Å². The Bertz CT molecular complexity index is 725. The maximum atomic E-state index is 11.6. The standard InChI is InChI=1S/C15H8N2O2/c16-9-10-5-7-11(8-6-10)17-14-12-3-1-2-4-13(12)15(18)19-14/h1-8H. The number of aliphatic imine (C=N–C) groups is 1. The summed E-state index contributed by atoms with van der Waals surface area (Å²) in [7, 11) is 0. The third-order valence-electron chi connectivity index (χ3n) is 2.79. The first-order valence-corrected chi connectivity index (χ1v) is 5.68. The molecular weight excluding hydrogens is 240 g/mol. The summed E-state index contributed by atoms with van der Waals surface area (Å²) in [6, 6.07) is 15.9. The lowest BCUT2D eigenvalue weighted by Crippen LogP contribution is -1.99. The molecule has 90 valence electrons. The van der Waals surface area contributed by atoms with Crippen LogP contribution < -0.4 is 0 Å². The molecule has 1 heterocycles. The molecule has 0 N–H and O–H groups in total. The highest BCUT2D eigenvalue weighted by molar-refractivity contribution is 6.17. The van der Waals surface area contributed by atoms with Crippen molar-refractivity contribution in [2.24, 2.45) is 4.99 Å². The topological polar surface area (TPSA) is 62.4 Å². The number of hydrogen-bond donors (Lipinski definition) is 0. The van der Waals surface area contributed by atoms with Crippen LogP contribution in [0.5, 0.6) is 0 Å². The molecule has 2 aromatic carbocycles.